The van der Waals surface area contributed by atoms with Crippen LogP contribution in [0.4, 0.5) is 9.52 Å². The summed E-state index contributed by atoms with van der Waals surface area (Å²) >= 11 is 1.44. The Balaban J connectivity index is 1.49. The van der Waals surface area contributed by atoms with E-state index in [1.165, 1.54) is 17.4 Å². The summed E-state index contributed by atoms with van der Waals surface area (Å²) in [5.74, 6) is -0.246. The molecular formula is C19H16FN5S. The molecule has 4 rings (SSSR count). The molecule has 1 N–H and O–H groups in total. The van der Waals surface area contributed by atoms with Crippen molar-refractivity contribution in [2.45, 2.75) is 24.7 Å². The number of rotatable bonds is 5. The van der Waals surface area contributed by atoms with Gasteiger partial charge in [-0.25, -0.2) is 4.39 Å². The Bertz CT molecular complexity index is 957. The van der Waals surface area contributed by atoms with Gasteiger partial charge in [-0.2, -0.15) is 5.26 Å². The predicted octanol–water partition coefficient (Wildman–Crippen LogP) is 4.14. The Kier molecular flexibility index (Phi) is 4.35. The highest BCUT2D eigenvalue weighted by Gasteiger charge is 2.41. The molecule has 26 heavy (non-hydrogen) atoms. The van der Waals surface area contributed by atoms with Gasteiger partial charge in [-0.1, -0.05) is 29.9 Å². The van der Waals surface area contributed by atoms with Crippen LogP contribution in [0.3, 0.4) is 0 Å². The Morgan fingerprint density at radius 3 is 2.65 bits per heavy atom. The van der Waals surface area contributed by atoms with Crippen molar-refractivity contribution < 1.29 is 4.39 Å². The van der Waals surface area contributed by atoms with Gasteiger partial charge in [0.15, 0.2) is 0 Å². The summed E-state index contributed by atoms with van der Waals surface area (Å²) in [5, 5.41) is 22.1. The highest BCUT2D eigenvalue weighted by Crippen LogP contribution is 2.44. The quantitative estimate of drug-likeness (QED) is 0.735. The molecule has 0 aliphatic heterocycles. The van der Waals surface area contributed by atoms with Crippen LogP contribution < -0.4 is 5.32 Å². The van der Waals surface area contributed by atoms with Gasteiger partial charge in [0.05, 0.1) is 17.3 Å². The zero-order valence-corrected chi connectivity index (χ0v) is 14.8. The van der Waals surface area contributed by atoms with E-state index in [-0.39, 0.29) is 11.2 Å². The molecule has 5 nitrogen and oxygen atoms in total. The third-order valence-electron chi connectivity index (χ3n) is 4.84. The number of aromatic nitrogens is 3. The van der Waals surface area contributed by atoms with Crippen molar-refractivity contribution in [3.63, 3.8) is 0 Å². The second kappa shape index (κ2) is 6.81. The van der Waals surface area contributed by atoms with Gasteiger partial charge in [0, 0.05) is 23.7 Å². The van der Waals surface area contributed by atoms with Crippen molar-refractivity contribution >= 4 is 16.5 Å². The number of hydrogen-bond acceptors (Lipinski definition) is 6. The van der Waals surface area contributed by atoms with Gasteiger partial charge < -0.3 is 5.32 Å². The zero-order valence-electron chi connectivity index (χ0n) is 13.9. The normalized spacial score (nSPS) is 15.1. The van der Waals surface area contributed by atoms with Gasteiger partial charge in [0.1, 0.15) is 10.8 Å². The minimum Gasteiger partial charge on any atom is -0.359 e. The number of nitrogens with zero attached hydrogens (tertiary/aromatic N) is 4. The van der Waals surface area contributed by atoms with Gasteiger partial charge in [-0.15, -0.1) is 10.2 Å². The fourth-order valence-electron chi connectivity index (χ4n) is 3.22. The first-order valence-electron chi connectivity index (χ1n) is 8.39. The lowest BCUT2D eigenvalue weighted by molar-refractivity contribution is 0.243. The lowest BCUT2D eigenvalue weighted by Crippen LogP contribution is -2.42. The number of anilines is 1. The highest BCUT2D eigenvalue weighted by atomic mass is 32.1. The fourth-order valence-corrected chi connectivity index (χ4v) is 3.96. The van der Waals surface area contributed by atoms with E-state index >= 15 is 0 Å². The van der Waals surface area contributed by atoms with Gasteiger partial charge in [-0.3, -0.25) is 4.98 Å². The third kappa shape index (κ3) is 3.04. The molecule has 3 aromatic rings. The minimum atomic E-state index is -0.272. The zero-order chi connectivity index (χ0) is 18.0. The smallest absolute Gasteiger partial charge is 0.206 e. The average molecular weight is 365 g/mol. The molecule has 2 heterocycles. The molecule has 7 heteroatoms. The number of pyridine rings is 1. The molecule has 0 saturated heterocycles. The summed E-state index contributed by atoms with van der Waals surface area (Å²) in [6.45, 7) is 0.586. The first kappa shape index (κ1) is 16.6. The molecule has 0 amide bonds. The lowest BCUT2D eigenvalue weighted by Gasteiger charge is -2.41. The molecule has 1 saturated carbocycles. The monoisotopic (exact) mass is 365 g/mol. The van der Waals surface area contributed by atoms with Crippen molar-refractivity contribution in [2.24, 2.45) is 0 Å². The summed E-state index contributed by atoms with van der Waals surface area (Å²) in [5.41, 5.74) is 1.80. The van der Waals surface area contributed by atoms with Crippen LogP contribution in [0.1, 0.15) is 30.5 Å². The maximum Gasteiger partial charge on any atom is 0.206 e. The summed E-state index contributed by atoms with van der Waals surface area (Å²) in [7, 11) is 0. The largest absolute Gasteiger partial charge is 0.359 e. The molecule has 1 aliphatic carbocycles. The van der Waals surface area contributed by atoms with Crippen molar-refractivity contribution in [3.05, 3.63) is 59.7 Å². The minimum absolute atomic E-state index is 0.246. The van der Waals surface area contributed by atoms with Gasteiger partial charge in [0.25, 0.3) is 0 Å². The first-order chi connectivity index (χ1) is 12.7. The number of nitrogens with one attached hydrogen (secondary N) is 1. The lowest BCUT2D eigenvalue weighted by atomic mass is 9.66. The Morgan fingerprint density at radius 2 is 2.00 bits per heavy atom. The van der Waals surface area contributed by atoms with Gasteiger partial charge in [0.2, 0.25) is 5.13 Å². The van der Waals surface area contributed by atoms with Crippen molar-refractivity contribution in [1.29, 1.82) is 5.26 Å². The van der Waals surface area contributed by atoms with Gasteiger partial charge in [-0.05, 0) is 37.1 Å². The van der Waals surface area contributed by atoms with E-state index in [9.17, 15) is 4.39 Å². The van der Waals surface area contributed by atoms with E-state index in [0.717, 1.165) is 29.8 Å². The maximum absolute atomic E-state index is 14.2. The summed E-state index contributed by atoms with van der Waals surface area (Å²) in [6.07, 6.45) is 4.54. The molecular weight excluding hydrogens is 349 g/mol. The predicted molar refractivity (Wildman–Crippen MR) is 98.3 cm³/mol. The van der Waals surface area contributed by atoms with E-state index in [1.807, 2.05) is 12.1 Å². The van der Waals surface area contributed by atoms with E-state index < -0.39 is 0 Å². The fraction of sp³-hybridized carbons (Fsp3) is 0.263. The van der Waals surface area contributed by atoms with Crippen LogP contribution >= 0.6 is 11.3 Å². The topological polar surface area (TPSA) is 74.5 Å². The third-order valence-corrected chi connectivity index (χ3v) is 5.77. The van der Waals surface area contributed by atoms with Crippen LogP contribution in [0.5, 0.6) is 0 Å². The van der Waals surface area contributed by atoms with Crippen molar-refractivity contribution in [3.8, 4) is 16.6 Å². The number of hydrogen-bond donors (Lipinski definition) is 1. The van der Waals surface area contributed by atoms with Crippen LogP contribution in [0.2, 0.25) is 0 Å². The SMILES string of the molecule is N#Cc1ccc(-c2nnc(NCC3(c4ncccc4F)CCC3)s2)cc1. The number of halogens is 1. The highest BCUT2D eigenvalue weighted by molar-refractivity contribution is 7.18. The standard InChI is InChI=1S/C19H16FN5S/c20-15-3-1-10-22-16(15)19(8-2-9-19)12-23-18-25-24-17(26-18)14-6-4-13(11-21)5-7-14/h1,3-7,10H,2,8-9,12H2,(H,23,25). The van der Waals surface area contributed by atoms with Crippen molar-refractivity contribution in [2.75, 3.05) is 11.9 Å². The van der Waals surface area contributed by atoms with E-state index in [1.54, 1.807) is 24.4 Å². The molecule has 0 spiro atoms. The number of nitriles is 1. The van der Waals surface area contributed by atoms with Crippen LogP contribution in [0, 0.1) is 17.1 Å². The summed E-state index contributed by atoms with van der Waals surface area (Å²) < 4.78 is 14.2. The molecule has 0 bridgehead atoms. The van der Waals surface area contributed by atoms with Crippen LogP contribution in [-0.4, -0.2) is 21.7 Å². The molecule has 2 aromatic heterocycles. The number of benzene rings is 1. The molecule has 0 atom stereocenters. The van der Waals surface area contributed by atoms with Gasteiger partial charge >= 0.3 is 0 Å². The summed E-state index contributed by atoms with van der Waals surface area (Å²) in [4.78, 5) is 4.28. The first-order valence-corrected chi connectivity index (χ1v) is 9.21. The maximum atomic E-state index is 14.2. The Morgan fingerprint density at radius 1 is 1.19 bits per heavy atom. The second-order valence-corrected chi connectivity index (χ2v) is 7.40. The second-order valence-electron chi connectivity index (χ2n) is 6.42. The molecule has 0 radical (unpaired) electrons. The summed E-state index contributed by atoms with van der Waals surface area (Å²) in [6, 6.07) is 12.4. The Hall–Kier alpha value is -2.85. The average Bonchev–Trinajstić information content (AvgIpc) is 3.11. The molecule has 130 valence electrons. The Labute approximate surface area is 154 Å². The molecule has 0 unspecified atom stereocenters. The van der Waals surface area contributed by atoms with Crippen LogP contribution in [-0.2, 0) is 5.41 Å². The van der Waals surface area contributed by atoms with E-state index in [4.69, 9.17) is 5.26 Å². The van der Waals surface area contributed by atoms with E-state index in [0.29, 0.717) is 22.9 Å². The van der Waals surface area contributed by atoms with Crippen LogP contribution in [0.15, 0.2) is 42.6 Å². The molecule has 1 aromatic carbocycles. The molecule has 1 aliphatic rings. The van der Waals surface area contributed by atoms with Crippen LogP contribution in [0.25, 0.3) is 10.6 Å². The molecule has 1 fully saturated rings. The van der Waals surface area contributed by atoms with Crippen molar-refractivity contribution in [1.82, 2.24) is 15.2 Å². The van der Waals surface area contributed by atoms with E-state index in [2.05, 4.69) is 26.6 Å².